The summed E-state index contributed by atoms with van der Waals surface area (Å²) in [6.07, 6.45) is 5.59. The van der Waals surface area contributed by atoms with Gasteiger partial charge >= 0.3 is 0 Å². The lowest BCUT2D eigenvalue weighted by molar-refractivity contribution is -0.118. The molecule has 1 N–H and O–H groups in total. The summed E-state index contributed by atoms with van der Waals surface area (Å²) in [5.74, 6) is -0.418. The van der Waals surface area contributed by atoms with E-state index in [1.807, 2.05) is 50.2 Å². The average Bonchev–Trinajstić information content (AvgIpc) is 3.38. The molecule has 1 aliphatic heterocycles. The smallest absolute Gasteiger partial charge is 0.285 e. The molecule has 0 unspecified atom stereocenters. The fourth-order valence-electron chi connectivity index (χ4n) is 5.12. The van der Waals surface area contributed by atoms with E-state index in [0.717, 1.165) is 34.8 Å². The standard InChI is InChI=1S/C33H34ClFN4O7S/c1-21-8-4-11-30(22(21)2)44-14-6-12-31(40)39-13-7-15-45-32-25(9-5-10-29(32)39)24-18-36-38(19-24)20-26-27(34)16-23(17-28(26)35)33(41)37-46-47(3,42)43/h4-5,8-11,16-19H,6-7,12-15,20H2,1-3H3,(H,37,41). The number of rotatable bonds is 11. The molecular weight excluding hydrogens is 651 g/mol. The highest BCUT2D eigenvalue weighted by molar-refractivity contribution is 7.85. The number of anilines is 1. The van der Waals surface area contributed by atoms with Crippen LogP contribution in [0.3, 0.4) is 0 Å². The van der Waals surface area contributed by atoms with Gasteiger partial charge in [-0.05, 0) is 62.1 Å². The SMILES string of the molecule is Cc1cccc(OCCCC(=O)N2CCCOc3c(-c4cnn(Cc5c(F)cc(C(=O)NOS(C)(=O)=O)cc5Cl)c4)cccc32)c1C. The maximum atomic E-state index is 15.1. The van der Waals surface area contributed by atoms with Crippen LogP contribution < -0.4 is 19.9 Å². The molecule has 248 valence electrons. The molecular formula is C33H34ClFN4O7S. The third kappa shape index (κ3) is 8.28. The van der Waals surface area contributed by atoms with Gasteiger partial charge < -0.3 is 14.4 Å². The van der Waals surface area contributed by atoms with Gasteiger partial charge in [0.2, 0.25) is 5.91 Å². The van der Waals surface area contributed by atoms with E-state index >= 15 is 4.39 Å². The predicted molar refractivity (Wildman–Crippen MR) is 175 cm³/mol. The third-order valence-corrected chi connectivity index (χ3v) is 8.38. The lowest BCUT2D eigenvalue weighted by atomic mass is 10.1. The number of hydrogen-bond acceptors (Lipinski definition) is 8. The number of aryl methyl sites for hydroxylation is 1. The van der Waals surface area contributed by atoms with Crippen LogP contribution in [-0.2, 0) is 25.7 Å². The topological polar surface area (TPSA) is 129 Å². The van der Waals surface area contributed by atoms with E-state index in [2.05, 4.69) is 9.38 Å². The first-order valence-electron chi connectivity index (χ1n) is 14.9. The summed E-state index contributed by atoms with van der Waals surface area (Å²) in [7, 11) is -3.95. The fourth-order valence-corrected chi connectivity index (χ4v) is 5.62. The van der Waals surface area contributed by atoms with Crippen LogP contribution in [0.15, 0.2) is 60.9 Å². The molecule has 14 heteroatoms. The zero-order chi connectivity index (χ0) is 33.7. The van der Waals surface area contributed by atoms with Gasteiger partial charge in [-0.1, -0.05) is 35.9 Å². The van der Waals surface area contributed by atoms with Crippen LogP contribution in [-0.4, -0.2) is 56.0 Å². The number of fused-ring (bicyclic) bond motifs is 1. The van der Waals surface area contributed by atoms with E-state index in [4.69, 9.17) is 21.1 Å². The second-order valence-electron chi connectivity index (χ2n) is 11.1. The van der Waals surface area contributed by atoms with Gasteiger partial charge in [-0.2, -0.15) is 13.5 Å². The number of para-hydroxylation sites is 1. The van der Waals surface area contributed by atoms with Crippen LogP contribution in [0.25, 0.3) is 11.1 Å². The fraction of sp³-hybridized carbons (Fsp3) is 0.303. The number of hydroxylamine groups is 1. The highest BCUT2D eigenvalue weighted by Crippen LogP contribution is 2.40. The Morgan fingerprint density at radius 1 is 1.15 bits per heavy atom. The number of amides is 2. The summed E-state index contributed by atoms with van der Waals surface area (Å²) in [4.78, 5) is 27.3. The molecule has 47 heavy (non-hydrogen) atoms. The molecule has 1 aromatic heterocycles. The van der Waals surface area contributed by atoms with E-state index in [0.29, 0.717) is 56.0 Å². The van der Waals surface area contributed by atoms with Gasteiger partial charge in [0, 0.05) is 46.4 Å². The zero-order valence-electron chi connectivity index (χ0n) is 26.1. The molecule has 0 radical (unpaired) electrons. The zero-order valence-corrected chi connectivity index (χ0v) is 27.7. The number of benzene rings is 3. The quantitative estimate of drug-likeness (QED) is 0.160. The van der Waals surface area contributed by atoms with Crippen LogP contribution in [0.4, 0.5) is 10.1 Å². The number of aromatic nitrogens is 2. The second-order valence-corrected chi connectivity index (χ2v) is 13.1. The highest BCUT2D eigenvalue weighted by atomic mass is 35.5. The van der Waals surface area contributed by atoms with Crippen LogP contribution in [0, 0.1) is 19.7 Å². The molecule has 2 heterocycles. The molecule has 0 spiro atoms. The minimum absolute atomic E-state index is 0.0284. The predicted octanol–water partition coefficient (Wildman–Crippen LogP) is 5.60. The van der Waals surface area contributed by atoms with Gasteiger partial charge in [-0.15, -0.1) is 4.28 Å². The molecule has 0 aliphatic carbocycles. The van der Waals surface area contributed by atoms with Gasteiger partial charge in [0.1, 0.15) is 11.6 Å². The van der Waals surface area contributed by atoms with Gasteiger partial charge in [0.15, 0.2) is 5.75 Å². The Kier molecular flexibility index (Phi) is 10.5. The molecule has 2 amide bonds. The molecule has 4 aromatic rings. The van der Waals surface area contributed by atoms with Crippen LogP contribution >= 0.6 is 11.6 Å². The minimum Gasteiger partial charge on any atom is -0.493 e. The maximum absolute atomic E-state index is 15.1. The van der Waals surface area contributed by atoms with E-state index in [1.54, 1.807) is 22.8 Å². The Balaban J connectivity index is 1.28. The first kappa shape index (κ1) is 33.9. The van der Waals surface area contributed by atoms with Gasteiger partial charge in [0.25, 0.3) is 16.0 Å². The summed E-state index contributed by atoms with van der Waals surface area (Å²) in [5, 5.41) is 4.31. The van der Waals surface area contributed by atoms with Crippen LogP contribution in [0.1, 0.15) is 46.3 Å². The number of nitrogens with one attached hydrogen (secondary N) is 1. The molecule has 11 nitrogen and oxygen atoms in total. The lowest BCUT2D eigenvalue weighted by Gasteiger charge is -2.23. The number of halogens is 2. The van der Waals surface area contributed by atoms with Crippen LogP contribution in [0.2, 0.25) is 5.02 Å². The average molecular weight is 685 g/mol. The Hall–Kier alpha value is -4.46. The molecule has 5 rings (SSSR count). The van der Waals surface area contributed by atoms with Gasteiger partial charge in [-0.3, -0.25) is 14.3 Å². The number of ether oxygens (including phenoxy) is 2. The molecule has 3 aromatic carbocycles. The Bertz CT molecular complexity index is 1890. The summed E-state index contributed by atoms with van der Waals surface area (Å²) < 4.78 is 55.2. The summed E-state index contributed by atoms with van der Waals surface area (Å²) in [6, 6.07) is 13.6. The van der Waals surface area contributed by atoms with Crippen molar-refractivity contribution < 1.29 is 36.2 Å². The first-order valence-corrected chi connectivity index (χ1v) is 17.1. The van der Waals surface area contributed by atoms with Crippen molar-refractivity contribution >= 4 is 39.2 Å². The lowest BCUT2D eigenvalue weighted by Crippen LogP contribution is -2.31. The van der Waals surface area contributed by atoms with E-state index in [9.17, 15) is 18.0 Å². The number of carbonyl (C=O) groups excluding carboxylic acids is 2. The maximum Gasteiger partial charge on any atom is 0.285 e. The van der Waals surface area contributed by atoms with Gasteiger partial charge in [-0.25, -0.2) is 9.87 Å². The van der Waals surface area contributed by atoms with Crippen LogP contribution in [0.5, 0.6) is 11.5 Å². The normalized spacial score (nSPS) is 13.0. The largest absolute Gasteiger partial charge is 0.493 e. The van der Waals surface area contributed by atoms with Crippen molar-refractivity contribution in [3.63, 3.8) is 0 Å². The molecule has 0 saturated heterocycles. The summed E-state index contributed by atoms with van der Waals surface area (Å²) in [5.41, 5.74) is 5.88. The number of nitrogens with zero attached hydrogens (tertiary/aromatic N) is 3. The highest BCUT2D eigenvalue weighted by Gasteiger charge is 2.25. The van der Waals surface area contributed by atoms with Crippen molar-refractivity contribution in [3.8, 4) is 22.6 Å². The molecule has 0 saturated carbocycles. The summed E-state index contributed by atoms with van der Waals surface area (Å²) >= 11 is 6.31. The Labute approximate surface area is 277 Å². The molecule has 0 fully saturated rings. The van der Waals surface area contributed by atoms with E-state index in [-0.39, 0.29) is 28.6 Å². The Morgan fingerprint density at radius 2 is 1.94 bits per heavy atom. The van der Waals surface area contributed by atoms with Crippen molar-refractivity contribution in [1.29, 1.82) is 0 Å². The summed E-state index contributed by atoms with van der Waals surface area (Å²) in [6.45, 7) is 5.35. The molecule has 1 aliphatic rings. The van der Waals surface area contributed by atoms with Gasteiger partial charge in [0.05, 0.1) is 37.9 Å². The van der Waals surface area contributed by atoms with Crippen molar-refractivity contribution in [2.45, 2.75) is 39.7 Å². The third-order valence-electron chi connectivity index (χ3n) is 7.66. The molecule has 0 bridgehead atoms. The van der Waals surface area contributed by atoms with Crippen molar-refractivity contribution in [2.24, 2.45) is 0 Å². The second kappa shape index (κ2) is 14.5. The van der Waals surface area contributed by atoms with Crippen molar-refractivity contribution in [2.75, 3.05) is 30.9 Å². The monoisotopic (exact) mass is 684 g/mol. The minimum atomic E-state index is -3.95. The number of hydrogen-bond donors (Lipinski definition) is 1. The van der Waals surface area contributed by atoms with Crippen molar-refractivity contribution in [1.82, 2.24) is 15.3 Å². The van der Waals surface area contributed by atoms with Crippen molar-refractivity contribution in [3.05, 3.63) is 94.0 Å². The Morgan fingerprint density at radius 3 is 2.70 bits per heavy atom. The van der Waals surface area contributed by atoms with E-state index < -0.39 is 21.8 Å². The van der Waals surface area contributed by atoms with E-state index in [1.165, 1.54) is 10.7 Å². The number of carbonyl (C=O) groups is 2. The first-order chi connectivity index (χ1) is 22.4. The molecule has 0 atom stereocenters.